The predicted octanol–water partition coefficient (Wildman–Crippen LogP) is 3.56. The van der Waals surface area contributed by atoms with Gasteiger partial charge in [-0.2, -0.15) is 0 Å². The van der Waals surface area contributed by atoms with Crippen molar-refractivity contribution in [3.8, 4) is 22.5 Å². The van der Waals surface area contributed by atoms with Gasteiger partial charge in [0.05, 0.1) is 24.0 Å². The molecular weight excluding hydrogens is 365 g/mol. The summed E-state index contributed by atoms with van der Waals surface area (Å²) < 4.78 is 40.7. The Bertz CT molecular complexity index is 1050. The van der Waals surface area contributed by atoms with Gasteiger partial charge in [-0.15, -0.1) is 0 Å². The maximum Gasteiger partial charge on any atom is 0.211 e. The zero-order valence-electron chi connectivity index (χ0n) is 15.6. The fourth-order valence-electron chi connectivity index (χ4n) is 2.92. The minimum Gasteiger partial charge on any atom is -0.329 e. The summed E-state index contributed by atoms with van der Waals surface area (Å²) in [5.74, 6) is -0.285. The van der Waals surface area contributed by atoms with Crippen LogP contribution in [0.1, 0.15) is 5.56 Å². The van der Waals surface area contributed by atoms with Gasteiger partial charge >= 0.3 is 0 Å². The largest absolute Gasteiger partial charge is 0.329 e. The fraction of sp³-hybridized carbons (Fsp3) is 0.250. The molecule has 2 aromatic carbocycles. The van der Waals surface area contributed by atoms with E-state index in [9.17, 15) is 12.8 Å². The van der Waals surface area contributed by atoms with E-state index >= 15 is 0 Å². The second-order valence-electron chi connectivity index (χ2n) is 6.50. The van der Waals surface area contributed by atoms with Gasteiger partial charge in [0.1, 0.15) is 5.82 Å². The molecule has 0 bridgehead atoms. The summed E-state index contributed by atoms with van der Waals surface area (Å²) in [6.45, 7) is 2.44. The minimum atomic E-state index is -3.27. The molecule has 5 nitrogen and oxygen atoms in total. The SMILES string of the molecule is Cc1c(F)cccc1-c1c(-c2ccccc2)ncn1CCN(C)S(C)(=O)=O. The van der Waals surface area contributed by atoms with Gasteiger partial charge in [0.15, 0.2) is 0 Å². The monoisotopic (exact) mass is 387 g/mol. The third kappa shape index (κ3) is 4.09. The third-order valence-corrected chi connectivity index (χ3v) is 5.94. The Morgan fingerprint density at radius 3 is 2.48 bits per heavy atom. The molecule has 0 N–H and O–H groups in total. The number of imidazole rings is 1. The zero-order chi connectivity index (χ0) is 19.6. The van der Waals surface area contributed by atoms with Crippen LogP contribution in [0, 0.1) is 12.7 Å². The molecule has 0 amide bonds. The molecular formula is C20H22FN3O2S. The first kappa shape index (κ1) is 19.3. The van der Waals surface area contributed by atoms with E-state index in [0.717, 1.165) is 22.5 Å². The highest BCUT2D eigenvalue weighted by atomic mass is 32.2. The van der Waals surface area contributed by atoms with Gasteiger partial charge < -0.3 is 4.57 Å². The molecule has 0 aliphatic carbocycles. The summed E-state index contributed by atoms with van der Waals surface area (Å²) in [5.41, 5.74) is 3.72. The number of hydrogen-bond acceptors (Lipinski definition) is 3. The first-order valence-corrected chi connectivity index (χ1v) is 10.4. The van der Waals surface area contributed by atoms with Crippen LogP contribution in [-0.4, -0.2) is 42.1 Å². The van der Waals surface area contributed by atoms with Crippen molar-refractivity contribution in [1.82, 2.24) is 13.9 Å². The molecule has 1 heterocycles. The van der Waals surface area contributed by atoms with Gasteiger partial charge in [-0.25, -0.2) is 22.1 Å². The van der Waals surface area contributed by atoms with Crippen molar-refractivity contribution in [3.63, 3.8) is 0 Å². The van der Waals surface area contributed by atoms with Crippen LogP contribution in [0.15, 0.2) is 54.9 Å². The topological polar surface area (TPSA) is 55.2 Å². The van der Waals surface area contributed by atoms with E-state index in [0.29, 0.717) is 18.7 Å². The maximum atomic E-state index is 14.2. The molecule has 0 saturated carbocycles. The molecule has 7 heteroatoms. The average molecular weight is 387 g/mol. The zero-order valence-corrected chi connectivity index (χ0v) is 16.4. The molecule has 27 heavy (non-hydrogen) atoms. The number of hydrogen-bond donors (Lipinski definition) is 0. The highest BCUT2D eigenvalue weighted by molar-refractivity contribution is 7.88. The lowest BCUT2D eigenvalue weighted by atomic mass is 10.0. The molecule has 0 radical (unpaired) electrons. The minimum absolute atomic E-state index is 0.285. The van der Waals surface area contributed by atoms with Crippen LogP contribution in [0.3, 0.4) is 0 Å². The Morgan fingerprint density at radius 2 is 1.81 bits per heavy atom. The fourth-order valence-corrected chi connectivity index (χ4v) is 3.33. The molecule has 0 unspecified atom stereocenters. The third-order valence-electron chi connectivity index (χ3n) is 4.63. The molecule has 0 aliphatic heterocycles. The summed E-state index contributed by atoms with van der Waals surface area (Å²) in [4.78, 5) is 4.55. The first-order chi connectivity index (χ1) is 12.8. The predicted molar refractivity (Wildman–Crippen MR) is 105 cm³/mol. The molecule has 0 atom stereocenters. The van der Waals surface area contributed by atoms with E-state index in [1.807, 2.05) is 41.0 Å². The molecule has 0 fully saturated rings. The summed E-state index contributed by atoms with van der Waals surface area (Å²) in [5, 5.41) is 0. The number of aromatic nitrogens is 2. The Balaban J connectivity index is 2.09. The number of benzene rings is 2. The van der Waals surface area contributed by atoms with Gasteiger partial charge in [0.2, 0.25) is 10.0 Å². The maximum absolute atomic E-state index is 14.2. The second-order valence-corrected chi connectivity index (χ2v) is 8.59. The lowest BCUT2D eigenvalue weighted by molar-refractivity contribution is 0.450. The van der Waals surface area contributed by atoms with E-state index < -0.39 is 10.0 Å². The molecule has 0 spiro atoms. The van der Waals surface area contributed by atoms with E-state index in [1.54, 1.807) is 19.3 Å². The first-order valence-electron chi connectivity index (χ1n) is 8.56. The quantitative estimate of drug-likeness (QED) is 0.650. The van der Waals surface area contributed by atoms with Gasteiger partial charge in [-0.1, -0.05) is 42.5 Å². The number of nitrogens with zero attached hydrogens (tertiary/aromatic N) is 3. The number of sulfonamides is 1. The van der Waals surface area contributed by atoms with Crippen molar-refractivity contribution < 1.29 is 12.8 Å². The van der Waals surface area contributed by atoms with Crippen LogP contribution in [-0.2, 0) is 16.6 Å². The summed E-state index contributed by atoms with van der Waals surface area (Å²) >= 11 is 0. The van der Waals surface area contributed by atoms with E-state index in [1.165, 1.54) is 23.7 Å². The number of rotatable bonds is 6. The van der Waals surface area contributed by atoms with E-state index in [-0.39, 0.29) is 5.82 Å². The molecule has 142 valence electrons. The van der Waals surface area contributed by atoms with Crippen molar-refractivity contribution in [1.29, 1.82) is 0 Å². The lowest BCUT2D eigenvalue weighted by Crippen LogP contribution is -2.29. The van der Waals surface area contributed by atoms with Crippen molar-refractivity contribution in [2.24, 2.45) is 0 Å². The van der Waals surface area contributed by atoms with Crippen LogP contribution >= 0.6 is 0 Å². The smallest absolute Gasteiger partial charge is 0.211 e. The van der Waals surface area contributed by atoms with Gasteiger partial charge in [-0.3, -0.25) is 0 Å². The van der Waals surface area contributed by atoms with Crippen molar-refractivity contribution in [3.05, 3.63) is 66.2 Å². The summed E-state index contributed by atoms with van der Waals surface area (Å²) in [6.07, 6.45) is 2.85. The Labute approximate surface area is 159 Å². The van der Waals surface area contributed by atoms with Crippen LogP contribution in [0.4, 0.5) is 4.39 Å². The highest BCUT2D eigenvalue weighted by Crippen LogP contribution is 2.33. The van der Waals surface area contributed by atoms with E-state index in [4.69, 9.17) is 0 Å². The normalized spacial score (nSPS) is 11.9. The molecule has 3 rings (SSSR count). The molecule has 0 aliphatic rings. The van der Waals surface area contributed by atoms with Gasteiger partial charge in [0, 0.05) is 31.3 Å². The van der Waals surface area contributed by atoms with Crippen molar-refractivity contribution in [2.45, 2.75) is 13.5 Å². The van der Waals surface area contributed by atoms with E-state index in [2.05, 4.69) is 4.98 Å². The van der Waals surface area contributed by atoms with Gasteiger partial charge in [-0.05, 0) is 18.6 Å². The van der Waals surface area contributed by atoms with Crippen molar-refractivity contribution in [2.75, 3.05) is 19.8 Å². The lowest BCUT2D eigenvalue weighted by Gasteiger charge is -2.17. The van der Waals surface area contributed by atoms with Crippen LogP contribution in [0.2, 0.25) is 0 Å². The van der Waals surface area contributed by atoms with Crippen LogP contribution in [0.25, 0.3) is 22.5 Å². The average Bonchev–Trinajstić information content (AvgIpc) is 3.05. The van der Waals surface area contributed by atoms with Crippen molar-refractivity contribution >= 4 is 10.0 Å². The highest BCUT2D eigenvalue weighted by Gasteiger charge is 2.19. The standard InChI is InChI=1S/C20H22FN3O2S/c1-15-17(10-7-11-18(15)21)20-19(16-8-5-4-6-9-16)22-14-24(20)13-12-23(2)27(3,25)26/h4-11,14H,12-13H2,1-3H3. The Hall–Kier alpha value is -2.51. The van der Waals surface area contributed by atoms with Gasteiger partial charge in [0.25, 0.3) is 0 Å². The van der Waals surface area contributed by atoms with Crippen LogP contribution < -0.4 is 0 Å². The second kappa shape index (κ2) is 7.62. The molecule has 3 aromatic rings. The summed E-state index contributed by atoms with van der Waals surface area (Å²) in [6, 6.07) is 14.6. The molecule has 1 aromatic heterocycles. The molecule has 0 saturated heterocycles. The number of likely N-dealkylation sites (N-methyl/N-ethyl adjacent to an activating group) is 1. The Morgan fingerprint density at radius 1 is 1.11 bits per heavy atom. The summed E-state index contributed by atoms with van der Waals surface area (Å²) in [7, 11) is -1.73. The Kier molecular flexibility index (Phi) is 5.43. The number of halogens is 1. The van der Waals surface area contributed by atoms with Crippen LogP contribution in [0.5, 0.6) is 0 Å².